The number of carbonyl (C=O) groups is 1. The first-order valence-electron chi connectivity index (χ1n) is 7.97. The number of hydrogen-bond donors (Lipinski definition) is 2. The molecule has 1 amide bonds. The molecule has 0 aliphatic rings. The number of hydrogen-bond acceptors (Lipinski definition) is 6. The second-order valence-corrected chi connectivity index (χ2v) is 5.64. The normalized spacial score (nSPS) is 10.6. The molecule has 27 heavy (non-hydrogen) atoms. The first kappa shape index (κ1) is 18.3. The molecule has 0 radical (unpaired) electrons. The summed E-state index contributed by atoms with van der Waals surface area (Å²) < 4.78 is 37.0. The third kappa shape index (κ3) is 4.38. The molecule has 0 saturated heterocycles. The Kier molecular flexibility index (Phi) is 5.30. The van der Waals surface area contributed by atoms with Gasteiger partial charge in [-0.1, -0.05) is 5.16 Å². The summed E-state index contributed by atoms with van der Waals surface area (Å²) in [5, 5.41) is 6.14. The SMILES string of the molecule is COc1ccc(-c2nc(CCC(=O)Nc3c(N)cc(F)cc3F)no2)cc1. The lowest BCUT2D eigenvalue weighted by Crippen LogP contribution is -2.15. The number of benzene rings is 2. The number of nitrogens with two attached hydrogens (primary N) is 1. The molecule has 0 fully saturated rings. The molecule has 0 spiro atoms. The predicted molar refractivity (Wildman–Crippen MR) is 94.0 cm³/mol. The molecule has 0 bridgehead atoms. The van der Waals surface area contributed by atoms with Crippen molar-refractivity contribution in [3.63, 3.8) is 0 Å². The van der Waals surface area contributed by atoms with Crippen molar-refractivity contribution < 1.29 is 22.8 Å². The predicted octanol–water partition coefficient (Wildman–Crippen LogP) is 3.18. The Morgan fingerprint density at radius 2 is 2.00 bits per heavy atom. The molecule has 0 aliphatic heterocycles. The molecule has 0 aliphatic carbocycles. The molecular formula is C18H16F2N4O3. The quantitative estimate of drug-likeness (QED) is 0.643. The van der Waals surface area contributed by atoms with Crippen LogP contribution in [0.1, 0.15) is 12.2 Å². The van der Waals surface area contributed by atoms with E-state index >= 15 is 0 Å². The highest BCUT2D eigenvalue weighted by atomic mass is 19.1. The molecule has 0 saturated carbocycles. The van der Waals surface area contributed by atoms with Gasteiger partial charge in [0.25, 0.3) is 5.89 Å². The number of anilines is 2. The van der Waals surface area contributed by atoms with Crippen LogP contribution in [0, 0.1) is 11.6 Å². The Bertz CT molecular complexity index is 934. The van der Waals surface area contributed by atoms with Crippen LogP contribution < -0.4 is 15.8 Å². The molecular weight excluding hydrogens is 358 g/mol. The molecule has 0 atom stereocenters. The summed E-state index contributed by atoms with van der Waals surface area (Å²) in [6.07, 6.45) is 0.145. The van der Waals surface area contributed by atoms with E-state index in [0.29, 0.717) is 29.1 Å². The van der Waals surface area contributed by atoms with E-state index in [4.69, 9.17) is 15.0 Å². The van der Waals surface area contributed by atoms with E-state index in [0.717, 1.165) is 6.07 Å². The number of halogens is 2. The number of nitrogens with zero attached hydrogens (tertiary/aromatic N) is 2. The Balaban J connectivity index is 1.60. The van der Waals surface area contributed by atoms with Gasteiger partial charge in [-0.15, -0.1) is 0 Å². The Labute approximate surface area is 153 Å². The number of rotatable bonds is 6. The van der Waals surface area contributed by atoms with Crippen LogP contribution in [0.2, 0.25) is 0 Å². The summed E-state index contributed by atoms with van der Waals surface area (Å²) in [6.45, 7) is 0. The van der Waals surface area contributed by atoms with Crippen molar-refractivity contribution in [3.8, 4) is 17.2 Å². The van der Waals surface area contributed by atoms with Gasteiger partial charge < -0.3 is 20.3 Å². The summed E-state index contributed by atoms with van der Waals surface area (Å²) in [5.41, 5.74) is 5.78. The third-order valence-electron chi connectivity index (χ3n) is 3.73. The highest BCUT2D eigenvalue weighted by Crippen LogP contribution is 2.24. The lowest BCUT2D eigenvalue weighted by Gasteiger charge is -2.08. The fourth-order valence-electron chi connectivity index (χ4n) is 2.36. The number of methoxy groups -OCH3 is 1. The molecule has 3 aromatic rings. The Hall–Kier alpha value is -3.49. The molecule has 140 valence electrons. The number of aryl methyl sites for hydroxylation is 1. The first-order chi connectivity index (χ1) is 13.0. The zero-order chi connectivity index (χ0) is 19.4. The van der Waals surface area contributed by atoms with Gasteiger partial charge in [0, 0.05) is 24.5 Å². The first-order valence-corrected chi connectivity index (χ1v) is 7.97. The van der Waals surface area contributed by atoms with Crippen LogP contribution in [0.4, 0.5) is 20.2 Å². The van der Waals surface area contributed by atoms with Gasteiger partial charge in [-0.05, 0) is 30.3 Å². The molecule has 3 rings (SSSR count). The maximum absolute atomic E-state index is 13.7. The van der Waals surface area contributed by atoms with Gasteiger partial charge in [0.05, 0.1) is 12.8 Å². The molecule has 7 nitrogen and oxygen atoms in total. The van der Waals surface area contributed by atoms with Gasteiger partial charge in [-0.3, -0.25) is 4.79 Å². The van der Waals surface area contributed by atoms with Crippen LogP contribution in [0.25, 0.3) is 11.5 Å². The van der Waals surface area contributed by atoms with E-state index < -0.39 is 17.5 Å². The standard InChI is InChI=1S/C18H16F2N4O3/c1-26-12-4-2-10(3-5-12)18-22-15(24-27-18)6-7-16(25)23-17-13(20)8-11(19)9-14(17)21/h2-5,8-9H,6-7,21H2,1H3,(H,23,25). The maximum Gasteiger partial charge on any atom is 0.257 e. The van der Waals surface area contributed by atoms with Gasteiger partial charge >= 0.3 is 0 Å². The van der Waals surface area contributed by atoms with Gasteiger partial charge in [0.15, 0.2) is 11.6 Å². The zero-order valence-corrected chi connectivity index (χ0v) is 14.3. The summed E-state index contributed by atoms with van der Waals surface area (Å²) >= 11 is 0. The van der Waals surface area contributed by atoms with E-state index in [1.54, 1.807) is 31.4 Å². The smallest absolute Gasteiger partial charge is 0.257 e. The number of aromatic nitrogens is 2. The number of nitrogen functional groups attached to an aromatic ring is 1. The topological polar surface area (TPSA) is 103 Å². The Morgan fingerprint density at radius 1 is 1.26 bits per heavy atom. The van der Waals surface area contributed by atoms with Gasteiger partial charge in [0.2, 0.25) is 5.91 Å². The lowest BCUT2D eigenvalue weighted by atomic mass is 10.2. The molecule has 2 aromatic carbocycles. The average molecular weight is 374 g/mol. The van der Waals surface area contributed by atoms with Crippen molar-refractivity contribution in [1.82, 2.24) is 10.1 Å². The highest BCUT2D eigenvalue weighted by molar-refractivity contribution is 5.94. The second-order valence-electron chi connectivity index (χ2n) is 5.64. The zero-order valence-electron chi connectivity index (χ0n) is 14.3. The van der Waals surface area contributed by atoms with E-state index in [1.807, 2.05) is 0 Å². The average Bonchev–Trinajstić information content (AvgIpc) is 3.12. The summed E-state index contributed by atoms with van der Waals surface area (Å²) in [5.74, 6) is -0.945. The van der Waals surface area contributed by atoms with E-state index in [9.17, 15) is 13.6 Å². The van der Waals surface area contributed by atoms with Crippen LogP contribution in [-0.4, -0.2) is 23.2 Å². The van der Waals surface area contributed by atoms with Crippen LogP contribution in [0.5, 0.6) is 5.75 Å². The third-order valence-corrected chi connectivity index (χ3v) is 3.73. The van der Waals surface area contributed by atoms with Gasteiger partial charge in [-0.25, -0.2) is 8.78 Å². The molecule has 1 aromatic heterocycles. The van der Waals surface area contributed by atoms with Crippen LogP contribution >= 0.6 is 0 Å². The van der Waals surface area contributed by atoms with E-state index in [2.05, 4.69) is 15.5 Å². The van der Waals surface area contributed by atoms with Crippen molar-refractivity contribution in [2.45, 2.75) is 12.8 Å². The monoisotopic (exact) mass is 374 g/mol. The summed E-state index contributed by atoms with van der Waals surface area (Å²) in [6, 6.07) is 8.62. The van der Waals surface area contributed by atoms with Crippen LogP contribution in [-0.2, 0) is 11.2 Å². The van der Waals surface area contributed by atoms with E-state index in [-0.39, 0.29) is 24.2 Å². The van der Waals surface area contributed by atoms with Crippen molar-refractivity contribution in [1.29, 1.82) is 0 Å². The molecule has 1 heterocycles. The van der Waals surface area contributed by atoms with Crippen molar-refractivity contribution >= 4 is 17.3 Å². The van der Waals surface area contributed by atoms with Gasteiger partial charge in [-0.2, -0.15) is 4.98 Å². The largest absolute Gasteiger partial charge is 0.497 e. The van der Waals surface area contributed by atoms with Crippen LogP contribution in [0.15, 0.2) is 40.9 Å². The van der Waals surface area contributed by atoms with Gasteiger partial charge in [0.1, 0.15) is 17.3 Å². The lowest BCUT2D eigenvalue weighted by molar-refractivity contribution is -0.116. The highest BCUT2D eigenvalue weighted by Gasteiger charge is 2.14. The van der Waals surface area contributed by atoms with Crippen molar-refractivity contribution in [2.75, 3.05) is 18.2 Å². The molecule has 0 unspecified atom stereocenters. The molecule has 3 N–H and O–H groups in total. The van der Waals surface area contributed by atoms with Crippen molar-refractivity contribution in [2.24, 2.45) is 0 Å². The maximum atomic E-state index is 13.7. The van der Waals surface area contributed by atoms with Crippen LogP contribution in [0.3, 0.4) is 0 Å². The second kappa shape index (κ2) is 7.81. The van der Waals surface area contributed by atoms with E-state index in [1.165, 1.54) is 0 Å². The number of nitrogens with one attached hydrogen (secondary N) is 1. The minimum atomic E-state index is -0.942. The van der Waals surface area contributed by atoms with Crippen molar-refractivity contribution in [3.05, 3.63) is 53.9 Å². The minimum absolute atomic E-state index is 0.0299. The number of ether oxygens (including phenoxy) is 1. The Morgan fingerprint density at radius 3 is 2.67 bits per heavy atom. The number of amides is 1. The summed E-state index contributed by atoms with van der Waals surface area (Å²) in [4.78, 5) is 16.2. The fraction of sp³-hybridized carbons (Fsp3) is 0.167. The minimum Gasteiger partial charge on any atom is -0.497 e. The number of carbonyl (C=O) groups excluding carboxylic acids is 1. The fourth-order valence-corrected chi connectivity index (χ4v) is 2.36. The summed E-state index contributed by atoms with van der Waals surface area (Å²) in [7, 11) is 1.57. The molecule has 9 heteroatoms.